The highest BCUT2D eigenvalue weighted by molar-refractivity contribution is 6.31. The number of ether oxygens (including phenoxy) is 2. The third-order valence-corrected chi connectivity index (χ3v) is 2.94. The van der Waals surface area contributed by atoms with Crippen LogP contribution in [0.4, 0.5) is 0 Å². The van der Waals surface area contributed by atoms with Gasteiger partial charge >= 0.3 is 11.9 Å². The molecular formula is C18H12N2O6. The van der Waals surface area contributed by atoms with Crippen LogP contribution >= 0.6 is 0 Å². The maximum atomic E-state index is 12.0. The first-order valence-electron chi connectivity index (χ1n) is 7.21. The molecule has 130 valence electrons. The SMILES string of the molecule is O=C/C=C(\OC(=O)C(=O)O/C(=C\C=O)c1ccncc1)c1ccncc1. The van der Waals surface area contributed by atoms with Crippen molar-refractivity contribution in [2.75, 3.05) is 0 Å². The summed E-state index contributed by atoms with van der Waals surface area (Å²) in [6.07, 6.45) is 8.47. The summed E-state index contributed by atoms with van der Waals surface area (Å²) < 4.78 is 9.83. The predicted octanol–water partition coefficient (Wildman–Crippen LogP) is 1.34. The molecule has 0 N–H and O–H groups in total. The summed E-state index contributed by atoms with van der Waals surface area (Å²) in [5, 5.41) is 0. The number of hydrogen-bond donors (Lipinski definition) is 0. The monoisotopic (exact) mass is 352 g/mol. The normalized spacial score (nSPS) is 11.4. The summed E-state index contributed by atoms with van der Waals surface area (Å²) >= 11 is 0. The van der Waals surface area contributed by atoms with Crippen LogP contribution in [0.2, 0.25) is 0 Å². The molecule has 0 radical (unpaired) electrons. The van der Waals surface area contributed by atoms with E-state index in [4.69, 9.17) is 9.47 Å². The summed E-state index contributed by atoms with van der Waals surface area (Å²) in [5.41, 5.74) is 0.733. The van der Waals surface area contributed by atoms with E-state index in [9.17, 15) is 19.2 Å². The molecule has 0 aliphatic carbocycles. The number of hydrogen-bond acceptors (Lipinski definition) is 8. The van der Waals surface area contributed by atoms with Crippen molar-refractivity contribution in [1.82, 2.24) is 9.97 Å². The zero-order valence-corrected chi connectivity index (χ0v) is 13.3. The number of carbonyl (C=O) groups is 4. The highest BCUT2D eigenvalue weighted by Crippen LogP contribution is 2.17. The molecule has 0 spiro atoms. The van der Waals surface area contributed by atoms with E-state index >= 15 is 0 Å². The molecule has 8 heteroatoms. The zero-order valence-electron chi connectivity index (χ0n) is 13.3. The van der Waals surface area contributed by atoms with Crippen LogP contribution in [0.5, 0.6) is 0 Å². The predicted molar refractivity (Wildman–Crippen MR) is 88.7 cm³/mol. The Morgan fingerprint density at radius 3 is 1.35 bits per heavy atom. The van der Waals surface area contributed by atoms with Gasteiger partial charge in [-0.1, -0.05) is 0 Å². The van der Waals surface area contributed by atoms with Crippen LogP contribution in [0.3, 0.4) is 0 Å². The smallest absolute Gasteiger partial charge is 0.417 e. The molecule has 0 saturated carbocycles. The zero-order chi connectivity index (χ0) is 18.8. The Morgan fingerprint density at radius 1 is 0.692 bits per heavy atom. The summed E-state index contributed by atoms with van der Waals surface area (Å²) in [5.74, 6) is -3.01. The molecule has 26 heavy (non-hydrogen) atoms. The lowest BCUT2D eigenvalue weighted by Crippen LogP contribution is -2.19. The van der Waals surface area contributed by atoms with E-state index in [1.807, 2.05) is 0 Å². The second-order valence-electron chi connectivity index (χ2n) is 4.58. The van der Waals surface area contributed by atoms with Crippen molar-refractivity contribution in [2.24, 2.45) is 0 Å². The largest absolute Gasteiger partial charge is 0.423 e. The summed E-state index contributed by atoms with van der Waals surface area (Å²) in [6.45, 7) is 0. The van der Waals surface area contributed by atoms with Crippen molar-refractivity contribution in [3.8, 4) is 0 Å². The maximum absolute atomic E-state index is 12.0. The van der Waals surface area contributed by atoms with E-state index in [1.165, 1.54) is 49.1 Å². The van der Waals surface area contributed by atoms with Gasteiger partial charge in [-0.05, 0) is 24.3 Å². The first-order valence-corrected chi connectivity index (χ1v) is 7.21. The fourth-order valence-corrected chi connectivity index (χ4v) is 1.82. The Kier molecular flexibility index (Phi) is 6.64. The molecule has 0 aromatic carbocycles. The molecule has 2 aromatic heterocycles. The van der Waals surface area contributed by atoms with Gasteiger partial charge in [-0.3, -0.25) is 19.6 Å². The minimum Gasteiger partial charge on any atom is -0.417 e. The molecule has 0 atom stereocenters. The standard InChI is InChI=1S/C18H12N2O6/c21-11-5-15(13-1-7-19-8-2-13)25-17(23)18(24)26-16(6-12-22)14-3-9-20-10-4-14/h1-12H/b15-5-,16-6-. The number of carbonyl (C=O) groups excluding carboxylic acids is 4. The van der Waals surface area contributed by atoms with Crippen LogP contribution in [0.15, 0.2) is 61.2 Å². The van der Waals surface area contributed by atoms with Gasteiger partial charge in [0.15, 0.2) is 0 Å². The molecule has 0 bridgehead atoms. The van der Waals surface area contributed by atoms with Crippen molar-refractivity contribution in [2.45, 2.75) is 0 Å². The lowest BCUT2D eigenvalue weighted by atomic mass is 10.2. The molecule has 2 rings (SSSR count). The molecule has 0 amide bonds. The molecule has 0 aliphatic rings. The van der Waals surface area contributed by atoms with Crippen LogP contribution in [-0.4, -0.2) is 34.5 Å². The van der Waals surface area contributed by atoms with Crippen LogP contribution in [0, 0.1) is 0 Å². The Morgan fingerprint density at radius 2 is 1.04 bits per heavy atom. The topological polar surface area (TPSA) is 113 Å². The van der Waals surface area contributed by atoms with Crippen molar-refractivity contribution < 1.29 is 28.7 Å². The molecular weight excluding hydrogens is 340 g/mol. The number of esters is 2. The molecule has 0 saturated heterocycles. The van der Waals surface area contributed by atoms with E-state index in [0.717, 1.165) is 12.2 Å². The average Bonchev–Trinajstić information content (AvgIpc) is 2.68. The second kappa shape index (κ2) is 9.38. The van der Waals surface area contributed by atoms with Crippen molar-refractivity contribution in [3.63, 3.8) is 0 Å². The van der Waals surface area contributed by atoms with Gasteiger partial charge in [0, 0.05) is 48.1 Å². The lowest BCUT2D eigenvalue weighted by Gasteiger charge is -2.09. The summed E-state index contributed by atoms with van der Waals surface area (Å²) in [6, 6.07) is 5.95. The van der Waals surface area contributed by atoms with E-state index in [1.54, 1.807) is 0 Å². The number of nitrogens with zero attached hydrogens (tertiary/aromatic N) is 2. The average molecular weight is 352 g/mol. The fraction of sp³-hybridized carbons (Fsp3) is 0. The quantitative estimate of drug-likeness (QED) is 0.252. The molecule has 2 heterocycles. The van der Waals surface area contributed by atoms with Crippen LogP contribution in [0.1, 0.15) is 11.1 Å². The highest BCUT2D eigenvalue weighted by atomic mass is 16.6. The number of aromatic nitrogens is 2. The number of aldehydes is 2. The van der Waals surface area contributed by atoms with E-state index in [-0.39, 0.29) is 11.5 Å². The molecule has 0 fully saturated rings. The Balaban J connectivity index is 2.14. The van der Waals surface area contributed by atoms with Crippen LogP contribution in [-0.2, 0) is 28.7 Å². The van der Waals surface area contributed by atoms with Crippen molar-refractivity contribution in [3.05, 3.63) is 72.3 Å². The van der Waals surface area contributed by atoms with Crippen LogP contribution < -0.4 is 0 Å². The van der Waals surface area contributed by atoms with Crippen molar-refractivity contribution in [1.29, 1.82) is 0 Å². The van der Waals surface area contributed by atoms with Gasteiger partial charge in [0.2, 0.25) is 0 Å². The van der Waals surface area contributed by atoms with Crippen molar-refractivity contribution >= 4 is 36.0 Å². The lowest BCUT2D eigenvalue weighted by molar-refractivity contribution is -0.159. The Hall–Kier alpha value is -3.94. The first kappa shape index (κ1) is 18.4. The summed E-state index contributed by atoms with van der Waals surface area (Å²) in [7, 11) is 0. The molecule has 8 nitrogen and oxygen atoms in total. The molecule has 0 unspecified atom stereocenters. The van der Waals surface area contributed by atoms with Gasteiger partial charge in [0.1, 0.15) is 24.1 Å². The van der Waals surface area contributed by atoms with Gasteiger partial charge in [-0.25, -0.2) is 9.59 Å². The number of pyridine rings is 2. The summed E-state index contributed by atoms with van der Waals surface area (Å²) in [4.78, 5) is 53.0. The number of allylic oxidation sites excluding steroid dienone is 2. The Labute approximate surface area is 147 Å². The maximum Gasteiger partial charge on any atom is 0.423 e. The number of rotatable bonds is 6. The second-order valence-corrected chi connectivity index (χ2v) is 4.58. The fourth-order valence-electron chi connectivity index (χ4n) is 1.82. The van der Waals surface area contributed by atoms with Gasteiger partial charge in [0.05, 0.1) is 0 Å². The molecule has 0 aliphatic heterocycles. The minimum atomic E-state index is -1.36. The van der Waals surface area contributed by atoms with Gasteiger partial charge in [-0.15, -0.1) is 0 Å². The minimum absolute atomic E-state index is 0.144. The van der Waals surface area contributed by atoms with Gasteiger partial charge in [0.25, 0.3) is 0 Å². The molecule has 2 aromatic rings. The Bertz CT molecular complexity index is 786. The third-order valence-electron chi connectivity index (χ3n) is 2.94. The van der Waals surface area contributed by atoms with Crippen LogP contribution in [0.25, 0.3) is 11.5 Å². The first-order chi connectivity index (χ1) is 12.7. The van der Waals surface area contributed by atoms with E-state index in [2.05, 4.69) is 9.97 Å². The third kappa shape index (κ3) is 5.03. The van der Waals surface area contributed by atoms with Gasteiger partial charge < -0.3 is 9.47 Å². The van der Waals surface area contributed by atoms with Gasteiger partial charge in [-0.2, -0.15) is 0 Å². The van der Waals surface area contributed by atoms with E-state index in [0.29, 0.717) is 23.7 Å². The van der Waals surface area contributed by atoms with E-state index < -0.39 is 11.9 Å². The highest BCUT2D eigenvalue weighted by Gasteiger charge is 2.22.